The summed E-state index contributed by atoms with van der Waals surface area (Å²) in [6, 6.07) is 15.6. The highest BCUT2D eigenvalue weighted by Gasteiger charge is 2.23. The van der Waals surface area contributed by atoms with Gasteiger partial charge in [0.1, 0.15) is 0 Å². The van der Waals surface area contributed by atoms with Crippen molar-refractivity contribution in [2.75, 3.05) is 25.0 Å². The molecule has 0 aliphatic heterocycles. The summed E-state index contributed by atoms with van der Waals surface area (Å²) in [7, 11) is -2.03. The molecule has 5 nitrogen and oxygen atoms in total. The van der Waals surface area contributed by atoms with Gasteiger partial charge < -0.3 is 4.90 Å². The predicted molar refractivity (Wildman–Crippen MR) is 105 cm³/mol. The van der Waals surface area contributed by atoms with Crippen LogP contribution in [0.4, 0.5) is 5.69 Å². The molecule has 0 radical (unpaired) electrons. The molecule has 0 aromatic heterocycles. The summed E-state index contributed by atoms with van der Waals surface area (Å²) in [4.78, 5) is 14.7. The van der Waals surface area contributed by atoms with Crippen molar-refractivity contribution < 1.29 is 13.2 Å². The molecule has 2 aromatic rings. The van der Waals surface area contributed by atoms with Crippen LogP contribution in [0.5, 0.6) is 0 Å². The maximum atomic E-state index is 12.9. The van der Waals surface area contributed by atoms with E-state index in [2.05, 4.69) is 0 Å². The molecule has 140 valence electrons. The fourth-order valence-corrected chi connectivity index (χ4v) is 3.93. The number of carbonyl (C=O) groups excluding carboxylic acids is 1. The summed E-state index contributed by atoms with van der Waals surface area (Å²) < 4.78 is 26.8. The minimum absolute atomic E-state index is 0.145. The van der Waals surface area contributed by atoms with Crippen molar-refractivity contribution >= 4 is 21.6 Å². The van der Waals surface area contributed by atoms with Gasteiger partial charge in [-0.25, -0.2) is 12.7 Å². The zero-order valence-corrected chi connectivity index (χ0v) is 16.4. The normalized spacial score (nSPS) is 11.5. The number of para-hydroxylation sites is 1. The van der Waals surface area contributed by atoms with Crippen LogP contribution in [-0.2, 0) is 10.0 Å². The van der Waals surface area contributed by atoms with Crippen LogP contribution in [0, 0.1) is 0 Å². The van der Waals surface area contributed by atoms with Gasteiger partial charge in [-0.15, -0.1) is 0 Å². The third-order valence-corrected chi connectivity index (χ3v) is 6.10. The molecule has 26 heavy (non-hydrogen) atoms. The number of hydrogen-bond donors (Lipinski definition) is 0. The fourth-order valence-electron chi connectivity index (χ4n) is 2.68. The number of carbonyl (C=O) groups is 1. The first-order chi connectivity index (χ1) is 12.4. The maximum absolute atomic E-state index is 12.9. The molecule has 0 fully saturated rings. The van der Waals surface area contributed by atoms with Crippen molar-refractivity contribution in [3.63, 3.8) is 0 Å². The summed E-state index contributed by atoms with van der Waals surface area (Å²) in [5.74, 6) is -0.216. The Morgan fingerprint density at radius 1 is 1.00 bits per heavy atom. The highest BCUT2D eigenvalue weighted by molar-refractivity contribution is 7.89. The van der Waals surface area contributed by atoms with Gasteiger partial charge in [-0.05, 0) is 43.7 Å². The number of benzene rings is 2. The van der Waals surface area contributed by atoms with E-state index >= 15 is 0 Å². The zero-order valence-electron chi connectivity index (χ0n) is 15.6. The summed E-state index contributed by atoms with van der Waals surface area (Å²) in [6.45, 7) is 4.87. The first kappa shape index (κ1) is 20.1. The van der Waals surface area contributed by atoms with Crippen LogP contribution in [-0.4, -0.2) is 38.8 Å². The number of amides is 1. The van der Waals surface area contributed by atoms with Gasteiger partial charge in [-0.1, -0.05) is 37.6 Å². The SMILES string of the molecule is CCCCN(C)S(=O)(=O)c1cccc(C(=O)N(CC)c2ccccc2)c1. The van der Waals surface area contributed by atoms with Gasteiger partial charge >= 0.3 is 0 Å². The Bertz CT molecular complexity index is 835. The highest BCUT2D eigenvalue weighted by atomic mass is 32.2. The highest BCUT2D eigenvalue weighted by Crippen LogP contribution is 2.20. The smallest absolute Gasteiger partial charge is 0.258 e. The molecule has 6 heteroatoms. The van der Waals surface area contributed by atoms with Gasteiger partial charge in [0.2, 0.25) is 10.0 Å². The summed E-state index contributed by atoms with van der Waals surface area (Å²) in [5, 5.41) is 0. The van der Waals surface area contributed by atoms with Crippen LogP contribution in [0.25, 0.3) is 0 Å². The third-order valence-electron chi connectivity index (χ3n) is 4.24. The van der Waals surface area contributed by atoms with Gasteiger partial charge in [-0.3, -0.25) is 4.79 Å². The molecule has 0 unspecified atom stereocenters. The monoisotopic (exact) mass is 374 g/mol. The molecule has 0 aliphatic rings. The summed E-state index contributed by atoms with van der Waals surface area (Å²) in [5.41, 5.74) is 1.15. The van der Waals surface area contributed by atoms with Gasteiger partial charge in [0, 0.05) is 31.4 Å². The summed E-state index contributed by atoms with van der Waals surface area (Å²) >= 11 is 0. The lowest BCUT2D eigenvalue weighted by Gasteiger charge is -2.22. The summed E-state index contributed by atoms with van der Waals surface area (Å²) in [6.07, 6.45) is 1.72. The number of anilines is 1. The molecular weight excluding hydrogens is 348 g/mol. The van der Waals surface area contributed by atoms with E-state index in [1.165, 1.54) is 16.4 Å². The van der Waals surface area contributed by atoms with E-state index in [1.807, 2.05) is 44.2 Å². The Morgan fingerprint density at radius 3 is 2.31 bits per heavy atom. The maximum Gasteiger partial charge on any atom is 0.258 e. The second-order valence-electron chi connectivity index (χ2n) is 6.09. The number of nitrogens with zero attached hydrogens (tertiary/aromatic N) is 2. The zero-order chi connectivity index (χ0) is 19.2. The van der Waals surface area contributed by atoms with Crippen LogP contribution in [0.15, 0.2) is 59.5 Å². The minimum Gasteiger partial charge on any atom is -0.309 e. The largest absolute Gasteiger partial charge is 0.309 e. The molecule has 2 rings (SSSR count). The Hall–Kier alpha value is -2.18. The lowest BCUT2D eigenvalue weighted by molar-refractivity contribution is 0.0988. The molecule has 0 aliphatic carbocycles. The van der Waals surface area contributed by atoms with Crippen molar-refractivity contribution in [2.45, 2.75) is 31.6 Å². The van der Waals surface area contributed by atoms with E-state index in [1.54, 1.807) is 24.1 Å². The topological polar surface area (TPSA) is 57.7 Å². The lowest BCUT2D eigenvalue weighted by atomic mass is 10.2. The standard InChI is InChI=1S/C20H26N2O3S/c1-4-6-15-21(3)26(24,25)19-14-10-11-17(16-19)20(23)22(5-2)18-12-8-7-9-13-18/h7-14,16H,4-6,15H2,1-3H3. The third kappa shape index (κ3) is 4.51. The van der Waals surface area contributed by atoms with Crippen LogP contribution < -0.4 is 4.90 Å². The Balaban J connectivity index is 2.32. The first-order valence-corrected chi connectivity index (χ1v) is 10.3. The molecule has 1 amide bonds. The predicted octanol–water partition coefficient (Wildman–Crippen LogP) is 3.77. The van der Waals surface area contributed by atoms with Gasteiger partial charge in [0.25, 0.3) is 5.91 Å². The van der Waals surface area contributed by atoms with E-state index in [9.17, 15) is 13.2 Å². The molecule has 0 saturated heterocycles. The number of hydrogen-bond acceptors (Lipinski definition) is 3. The fraction of sp³-hybridized carbons (Fsp3) is 0.350. The van der Waals surface area contributed by atoms with E-state index in [4.69, 9.17) is 0 Å². The van der Waals surface area contributed by atoms with Crippen molar-refractivity contribution in [2.24, 2.45) is 0 Å². The molecule has 2 aromatic carbocycles. The van der Waals surface area contributed by atoms with Gasteiger partial charge in [-0.2, -0.15) is 0 Å². The van der Waals surface area contributed by atoms with Gasteiger partial charge in [0.05, 0.1) is 4.90 Å². The van der Waals surface area contributed by atoms with Crippen LogP contribution in [0.2, 0.25) is 0 Å². The van der Waals surface area contributed by atoms with Crippen LogP contribution in [0.3, 0.4) is 0 Å². The Labute approximate surface area is 156 Å². The second-order valence-corrected chi connectivity index (χ2v) is 8.14. The second kappa shape index (κ2) is 8.96. The average Bonchev–Trinajstić information content (AvgIpc) is 2.67. The lowest BCUT2D eigenvalue weighted by Crippen LogP contribution is -2.31. The minimum atomic E-state index is -3.60. The number of sulfonamides is 1. The molecule has 0 saturated carbocycles. The van der Waals surface area contributed by atoms with Crippen molar-refractivity contribution in [1.29, 1.82) is 0 Å². The first-order valence-electron chi connectivity index (χ1n) is 8.85. The van der Waals surface area contributed by atoms with Crippen molar-refractivity contribution in [1.82, 2.24) is 4.31 Å². The Kier molecular flexibility index (Phi) is 6.94. The van der Waals surface area contributed by atoms with E-state index in [0.717, 1.165) is 18.5 Å². The van der Waals surface area contributed by atoms with E-state index in [-0.39, 0.29) is 10.8 Å². The number of rotatable bonds is 8. The quantitative estimate of drug-likeness (QED) is 0.707. The van der Waals surface area contributed by atoms with Gasteiger partial charge in [0.15, 0.2) is 0 Å². The van der Waals surface area contributed by atoms with Crippen LogP contribution >= 0.6 is 0 Å². The molecule has 0 heterocycles. The molecule has 0 bridgehead atoms. The molecular formula is C20H26N2O3S. The van der Waals surface area contributed by atoms with Crippen molar-refractivity contribution in [3.8, 4) is 0 Å². The molecule has 0 N–H and O–H groups in total. The molecule has 0 spiro atoms. The molecule has 0 atom stereocenters. The van der Waals surface area contributed by atoms with E-state index < -0.39 is 10.0 Å². The van der Waals surface area contributed by atoms with Crippen LogP contribution in [0.1, 0.15) is 37.0 Å². The average molecular weight is 375 g/mol. The number of unbranched alkanes of at least 4 members (excludes halogenated alkanes) is 1. The van der Waals surface area contributed by atoms with E-state index in [0.29, 0.717) is 18.7 Å². The Morgan fingerprint density at radius 2 is 1.69 bits per heavy atom. The van der Waals surface area contributed by atoms with Crippen molar-refractivity contribution in [3.05, 3.63) is 60.2 Å².